The molecule has 0 saturated carbocycles. The van der Waals surface area contributed by atoms with Gasteiger partial charge in [-0.25, -0.2) is 0 Å². The Kier molecular flexibility index (Phi) is 4.99. The van der Waals surface area contributed by atoms with Gasteiger partial charge in [-0.3, -0.25) is 19.8 Å². The summed E-state index contributed by atoms with van der Waals surface area (Å²) in [5.41, 5.74) is -0.0299. The number of rotatable bonds is 4. The van der Waals surface area contributed by atoms with E-state index in [-0.39, 0.29) is 38.8 Å². The number of hydrogen-bond donors (Lipinski definition) is 1. The molecule has 0 spiro atoms. The fourth-order valence-electron chi connectivity index (χ4n) is 1.75. The third-order valence-corrected chi connectivity index (χ3v) is 4.74. The number of phenols is 1. The van der Waals surface area contributed by atoms with E-state index in [1.54, 1.807) is 6.08 Å². The molecule has 0 bridgehead atoms. The Morgan fingerprint density at radius 2 is 2.23 bits per heavy atom. The van der Waals surface area contributed by atoms with Crippen molar-refractivity contribution in [1.29, 1.82) is 0 Å². The molecule has 0 radical (unpaired) electrons. The molecule has 22 heavy (non-hydrogen) atoms. The Bertz CT molecular complexity index is 733. The van der Waals surface area contributed by atoms with Crippen molar-refractivity contribution in [2.24, 2.45) is 0 Å². The van der Waals surface area contributed by atoms with Gasteiger partial charge in [0.05, 0.1) is 14.3 Å². The molecule has 9 heteroatoms. The third-order valence-electron chi connectivity index (χ3n) is 2.76. The maximum absolute atomic E-state index is 12.2. The second kappa shape index (κ2) is 6.59. The normalized spacial score (nSPS) is 16.4. The first-order valence-electron chi connectivity index (χ1n) is 5.88. The van der Waals surface area contributed by atoms with Gasteiger partial charge in [-0.15, -0.1) is 6.58 Å². The van der Waals surface area contributed by atoms with Crippen molar-refractivity contribution in [1.82, 2.24) is 4.90 Å². The highest BCUT2D eigenvalue weighted by Gasteiger charge is 2.31. The second-order valence-electron chi connectivity index (χ2n) is 4.20. The summed E-state index contributed by atoms with van der Waals surface area (Å²) in [4.78, 5) is 24.1. The maximum Gasteiger partial charge on any atom is 0.271 e. The summed E-state index contributed by atoms with van der Waals surface area (Å²) in [6, 6.07) is 2.38. The molecule has 0 unspecified atom stereocenters. The van der Waals surface area contributed by atoms with Crippen LogP contribution in [0.4, 0.5) is 5.69 Å². The molecular formula is C13H9BrN2O4S2. The molecule has 1 amide bonds. The molecule has 1 heterocycles. The van der Waals surface area contributed by atoms with Crippen LogP contribution in [0.25, 0.3) is 6.08 Å². The van der Waals surface area contributed by atoms with Crippen LogP contribution in [0.15, 0.2) is 34.2 Å². The molecule has 6 nitrogen and oxygen atoms in total. The van der Waals surface area contributed by atoms with Crippen molar-refractivity contribution in [2.45, 2.75) is 0 Å². The minimum atomic E-state index is -0.579. The van der Waals surface area contributed by atoms with Crippen LogP contribution >= 0.6 is 39.9 Å². The standard InChI is InChI=1S/C13H9BrN2O4S2/c1-2-3-15-12(18)10(22-13(15)21)5-7-4-8(16(19)20)6-9(14)11(7)17/h2,4-6,17H,1,3H2/b10-5+. The quantitative estimate of drug-likeness (QED) is 0.274. The van der Waals surface area contributed by atoms with Crippen LogP contribution in [0.1, 0.15) is 5.56 Å². The van der Waals surface area contributed by atoms with Crippen LogP contribution in [0.3, 0.4) is 0 Å². The number of non-ortho nitro benzene ring substituents is 1. The zero-order chi connectivity index (χ0) is 16.4. The molecule has 1 N–H and O–H groups in total. The van der Waals surface area contributed by atoms with Crippen LogP contribution in [-0.2, 0) is 4.79 Å². The van der Waals surface area contributed by atoms with Gasteiger partial charge in [0.2, 0.25) is 0 Å². The topological polar surface area (TPSA) is 83.7 Å². The Labute approximate surface area is 143 Å². The molecule has 1 aromatic rings. The predicted octanol–water partition coefficient (Wildman–Crippen LogP) is 3.45. The van der Waals surface area contributed by atoms with E-state index in [0.717, 1.165) is 11.8 Å². The Morgan fingerprint density at radius 3 is 2.82 bits per heavy atom. The first kappa shape index (κ1) is 16.7. The number of carbonyl (C=O) groups is 1. The number of nitro benzene ring substituents is 1. The zero-order valence-electron chi connectivity index (χ0n) is 11.0. The summed E-state index contributed by atoms with van der Waals surface area (Å²) in [5.74, 6) is -0.503. The Hall–Kier alpha value is -1.71. The maximum atomic E-state index is 12.2. The van der Waals surface area contributed by atoms with Crippen LogP contribution in [0.5, 0.6) is 5.75 Å². The van der Waals surface area contributed by atoms with E-state index in [1.807, 2.05) is 0 Å². The Morgan fingerprint density at radius 1 is 1.55 bits per heavy atom. The summed E-state index contributed by atoms with van der Waals surface area (Å²) in [6.07, 6.45) is 2.94. The number of nitro groups is 1. The van der Waals surface area contributed by atoms with E-state index >= 15 is 0 Å². The molecule has 2 rings (SSSR count). The largest absolute Gasteiger partial charge is 0.506 e. The lowest BCUT2D eigenvalue weighted by Crippen LogP contribution is -2.27. The molecule has 114 valence electrons. The highest BCUT2D eigenvalue weighted by atomic mass is 79.9. The third kappa shape index (κ3) is 3.21. The zero-order valence-corrected chi connectivity index (χ0v) is 14.2. The minimum absolute atomic E-state index is 0.167. The van der Waals surface area contributed by atoms with Gasteiger partial charge in [0.1, 0.15) is 10.1 Å². The lowest BCUT2D eigenvalue weighted by atomic mass is 10.1. The van der Waals surface area contributed by atoms with E-state index in [0.29, 0.717) is 4.32 Å². The van der Waals surface area contributed by atoms with E-state index in [2.05, 4.69) is 22.5 Å². The fourth-order valence-corrected chi connectivity index (χ4v) is 3.48. The molecule has 1 saturated heterocycles. The van der Waals surface area contributed by atoms with Gasteiger partial charge < -0.3 is 5.11 Å². The smallest absolute Gasteiger partial charge is 0.271 e. The lowest BCUT2D eigenvalue weighted by Gasteiger charge is -2.10. The van der Waals surface area contributed by atoms with Crippen LogP contribution < -0.4 is 0 Å². The number of hydrogen-bond acceptors (Lipinski definition) is 6. The van der Waals surface area contributed by atoms with E-state index in [4.69, 9.17) is 12.2 Å². The van der Waals surface area contributed by atoms with Crippen molar-refractivity contribution in [3.05, 3.63) is 49.8 Å². The van der Waals surface area contributed by atoms with Gasteiger partial charge in [0.25, 0.3) is 11.6 Å². The summed E-state index contributed by atoms with van der Waals surface area (Å²) in [6.45, 7) is 3.84. The van der Waals surface area contributed by atoms with E-state index < -0.39 is 4.92 Å². The minimum Gasteiger partial charge on any atom is -0.506 e. The van der Waals surface area contributed by atoms with Gasteiger partial charge in [0, 0.05) is 24.2 Å². The number of amides is 1. The van der Waals surface area contributed by atoms with Gasteiger partial charge in [0.15, 0.2) is 0 Å². The highest BCUT2D eigenvalue weighted by Crippen LogP contribution is 2.38. The molecule has 0 aliphatic carbocycles. The Balaban J connectivity index is 2.46. The van der Waals surface area contributed by atoms with E-state index in [9.17, 15) is 20.0 Å². The second-order valence-corrected chi connectivity index (χ2v) is 6.73. The van der Waals surface area contributed by atoms with Crippen LogP contribution in [-0.4, -0.2) is 31.7 Å². The predicted molar refractivity (Wildman–Crippen MR) is 92.5 cm³/mol. The molecular weight excluding hydrogens is 392 g/mol. The lowest BCUT2D eigenvalue weighted by molar-refractivity contribution is -0.385. The van der Waals surface area contributed by atoms with Gasteiger partial charge in [-0.1, -0.05) is 30.1 Å². The van der Waals surface area contributed by atoms with Gasteiger partial charge >= 0.3 is 0 Å². The number of thioether (sulfide) groups is 1. The first-order valence-corrected chi connectivity index (χ1v) is 7.90. The molecule has 0 atom stereocenters. The van der Waals surface area contributed by atoms with Crippen molar-refractivity contribution >= 4 is 61.9 Å². The summed E-state index contributed by atoms with van der Waals surface area (Å²) in [7, 11) is 0. The summed E-state index contributed by atoms with van der Waals surface area (Å²) in [5, 5.41) is 20.9. The van der Waals surface area contributed by atoms with Crippen molar-refractivity contribution in [3.63, 3.8) is 0 Å². The number of phenolic OH excluding ortho intramolecular Hbond substituents is 1. The number of aromatic hydroxyl groups is 1. The van der Waals surface area contributed by atoms with E-state index in [1.165, 1.54) is 23.1 Å². The molecule has 1 fully saturated rings. The van der Waals surface area contributed by atoms with Crippen molar-refractivity contribution in [3.8, 4) is 5.75 Å². The molecule has 0 aromatic heterocycles. The number of carbonyl (C=O) groups excluding carboxylic acids is 1. The fraction of sp³-hybridized carbons (Fsp3) is 0.0769. The first-order chi connectivity index (χ1) is 10.3. The average Bonchev–Trinajstić information content (AvgIpc) is 2.71. The highest BCUT2D eigenvalue weighted by molar-refractivity contribution is 9.10. The van der Waals surface area contributed by atoms with Crippen LogP contribution in [0, 0.1) is 10.1 Å². The molecule has 1 aliphatic heterocycles. The molecule has 1 aromatic carbocycles. The van der Waals surface area contributed by atoms with Crippen molar-refractivity contribution < 1.29 is 14.8 Å². The van der Waals surface area contributed by atoms with Gasteiger partial charge in [-0.05, 0) is 22.0 Å². The average molecular weight is 401 g/mol. The van der Waals surface area contributed by atoms with Crippen LogP contribution in [0.2, 0.25) is 0 Å². The SMILES string of the molecule is C=CCN1C(=O)/C(=C\c2cc([N+](=O)[O-])cc(Br)c2O)SC1=S. The number of halogens is 1. The monoisotopic (exact) mass is 400 g/mol. The summed E-state index contributed by atoms with van der Waals surface area (Å²) >= 11 is 9.23. The number of nitrogens with zero attached hydrogens (tertiary/aromatic N) is 2. The van der Waals surface area contributed by atoms with Gasteiger partial charge in [-0.2, -0.15) is 0 Å². The summed E-state index contributed by atoms with van der Waals surface area (Å²) < 4.78 is 0.551. The van der Waals surface area contributed by atoms with Crippen molar-refractivity contribution in [2.75, 3.05) is 6.54 Å². The number of thiocarbonyl (C=S) groups is 1. The molecule has 1 aliphatic rings. The number of benzene rings is 1.